The first-order chi connectivity index (χ1) is 9.11. The number of phenolic OH excluding ortho intramolecular Hbond substituents is 1. The minimum absolute atomic E-state index is 0.0832. The summed E-state index contributed by atoms with van der Waals surface area (Å²) < 4.78 is 0. The fraction of sp³-hybridized carbons (Fsp3) is 0.0714. The highest BCUT2D eigenvalue weighted by molar-refractivity contribution is 5.58. The van der Waals surface area contributed by atoms with Crippen molar-refractivity contribution in [1.82, 2.24) is 0 Å². The standard InChI is InChI=1S/C14H10N2O3/c15-9-12-7-11(6-10-4-2-1-3-5-10)8-13(14(12)17)16(18)19/h1-5,7-8,17H,6H2. The van der Waals surface area contributed by atoms with E-state index in [1.165, 1.54) is 12.1 Å². The second-order valence-electron chi connectivity index (χ2n) is 4.04. The fourth-order valence-electron chi connectivity index (χ4n) is 1.84. The monoisotopic (exact) mass is 254 g/mol. The van der Waals surface area contributed by atoms with Crippen molar-refractivity contribution >= 4 is 5.69 Å². The zero-order valence-corrected chi connectivity index (χ0v) is 9.91. The van der Waals surface area contributed by atoms with Crippen LogP contribution in [-0.4, -0.2) is 10.0 Å². The largest absolute Gasteiger partial charge is 0.501 e. The number of hydrogen-bond acceptors (Lipinski definition) is 4. The summed E-state index contributed by atoms with van der Waals surface area (Å²) in [4.78, 5) is 10.1. The Bertz CT molecular complexity index is 660. The van der Waals surface area contributed by atoms with E-state index in [0.29, 0.717) is 12.0 Å². The molecule has 0 aliphatic carbocycles. The second kappa shape index (κ2) is 5.19. The number of aromatic hydroxyl groups is 1. The zero-order valence-electron chi connectivity index (χ0n) is 9.91. The maximum absolute atomic E-state index is 10.8. The highest BCUT2D eigenvalue weighted by atomic mass is 16.6. The third kappa shape index (κ3) is 2.69. The lowest BCUT2D eigenvalue weighted by Gasteiger charge is -2.04. The Morgan fingerprint density at radius 2 is 1.89 bits per heavy atom. The van der Waals surface area contributed by atoms with Crippen LogP contribution in [0.3, 0.4) is 0 Å². The predicted octanol–water partition coefficient (Wildman–Crippen LogP) is 2.76. The summed E-state index contributed by atoms with van der Waals surface area (Å²) in [6.07, 6.45) is 0.469. The van der Waals surface area contributed by atoms with Gasteiger partial charge in [0.25, 0.3) is 0 Å². The van der Waals surface area contributed by atoms with Gasteiger partial charge >= 0.3 is 5.69 Å². The average molecular weight is 254 g/mol. The van der Waals surface area contributed by atoms with Gasteiger partial charge in [-0.05, 0) is 23.6 Å². The van der Waals surface area contributed by atoms with Gasteiger partial charge in [-0.3, -0.25) is 10.1 Å². The Labute approximate surface area is 109 Å². The van der Waals surface area contributed by atoms with E-state index in [-0.39, 0.29) is 5.56 Å². The van der Waals surface area contributed by atoms with Gasteiger partial charge in [-0.25, -0.2) is 0 Å². The van der Waals surface area contributed by atoms with Gasteiger partial charge in [-0.2, -0.15) is 5.26 Å². The molecule has 19 heavy (non-hydrogen) atoms. The molecule has 0 bridgehead atoms. The lowest BCUT2D eigenvalue weighted by molar-refractivity contribution is -0.385. The molecule has 0 unspecified atom stereocenters. The number of rotatable bonds is 3. The Balaban J connectivity index is 2.45. The van der Waals surface area contributed by atoms with E-state index in [1.807, 2.05) is 30.3 Å². The molecule has 1 N–H and O–H groups in total. The fourth-order valence-corrected chi connectivity index (χ4v) is 1.84. The number of hydrogen-bond donors (Lipinski definition) is 1. The third-order valence-electron chi connectivity index (χ3n) is 2.72. The van der Waals surface area contributed by atoms with Gasteiger partial charge in [0.15, 0.2) is 0 Å². The molecule has 0 amide bonds. The highest BCUT2D eigenvalue weighted by Crippen LogP contribution is 2.31. The first-order valence-electron chi connectivity index (χ1n) is 5.56. The molecule has 0 saturated heterocycles. The zero-order chi connectivity index (χ0) is 13.8. The van der Waals surface area contributed by atoms with Crippen molar-refractivity contribution in [2.24, 2.45) is 0 Å². The summed E-state index contributed by atoms with van der Waals surface area (Å²) in [5.41, 5.74) is 1.07. The number of nitro benzene ring substituents is 1. The molecule has 2 rings (SSSR count). The number of benzene rings is 2. The van der Waals surface area contributed by atoms with Crippen LogP contribution >= 0.6 is 0 Å². The van der Waals surface area contributed by atoms with Gasteiger partial charge in [0.05, 0.1) is 4.92 Å². The topological polar surface area (TPSA) is 87.2 Å². The minimum Gasteiger partial charge on any atom is -0.501 e. The lowest BCUT2D eigenvalue weighted by atomic mass is 10.0. The summed E-state index contributed by atoms with van der Waals surface area (Å²) in [5.74, 6) is -0.579. The van der Waals surface area contributed by atoms with Crippen molar-refractivity contribution in [2.45, 2.75) is 6.42 Å². The molecule has 2 aromatic rings. The van der Waals surface area contributed by atoms with Gasteiger partial charge < -0.3 is 5.11 Å². The number of phenols is 1. The molecule has 0 aromatic heterocycles. The van der Waals surface area contributed by atoms with Crippen LogP contribution in [0, 0.1) is 21.4 Å². The van der Waals surface area contributed by atoms with Gasteiger partial charge in [0.2, 0.25) is 5.75 Å². The number of nitrogens with zero attached hydrogens (tertiary/aromatic N) is 2. The molecule has 0 saturated carbocycles. The van der Waals surface area contributed by atoms with E-state index < -0.39 is 16.4 Å². The van der Waals surface area contributed by atoms with Gasteiger partial charge in [-0.1, -0.05) is 30.3 Å². The van der Waals surface area contributed by atoms with E-state index in [1.54, 1.807) is 6.07 Å². The summed E-state index contributed by atoms with van der Waals surface area (Å²) in [6, 6.07) is 13.9. The van der Waals surface area contributed by atoms with Crippen molar-refractivity contribution in [2.75, 3.05) is 0 Å². The highest BCUT2D eigenvalue weighted by Gasteiger charge is 2.18. The van der Waals surface area contributed by atoms with Crippen molar-refractivity contribution < 1.29 is 10.0 Å². The molecule has 2 aromatic carbocycles. The maximum Gasteiger partial charge on any atom is 0.312 e. The summed E-state index contributed by atoms with van der Waals surface area (Å²) >= 11 is 0. The van der Waals surface area contributed by atoms with Crippen LogP contribution < -0.4 is 0 Å². The molecule has 0 aliphatic heterocycles. The number of nitro groups is 1. The van der Waals surface area contributed by atoms with Gasteiger partial charge in [-0.15, -0.1) is 0 Å². The Hall–Kier alpha value is -2.87. The molecule has 0 heterocycles. The van der Waals surface area contributed by atoms with E-state index in [2.05, 4.69) is 0 Å². The lowest BCUT2D eigenvalue weighted by Crippen LogP contribution is -1.95. The normalized spacial score (nSPS) is 9.84. The summed E-state index contributed by atoms with van der Waals surface area (Å²) in [6.45, 7) is 0. The minimum atomic E-state index is -0.690. The molecule has 5 heteroatoms. The Morgan fingerprint density at radius 3 is 2.47 bits per heavy atom. The van der Waals surface area contributed by atoms with Gasteiger partial charge in [0.1, 0.15) is 11.6 Å². The van der Waals surface area contributed by atoms with Crippen LogP contribution in [0.5, 0.6) is 5.75 Å². The van der Waals surface area contributed by atoms with Gasteiger partial charge in [0, 0.05) is 6.07 Å². The Kier molecular flexibility index (Phi) is 3.44. The van der Waals surface area contributed by atoms with E-state index in [4.69, 9.17) is 5.26 Å². The predicted molar refractivity (Wildman–Crippen MR) is 68.7 cm³/mol. The molecule has 0 fully saturated rings. The molecule has 0 aliphatic rings. The quantitative estimate of drug-likeness (QED) is 0.673. The van der Waals surface area contributed by atoms with Crippen molar-refractivity contribution in [1.29, 1.82) is 5.26 Å². The first kappa shape index (κ1) is 12.6. The first-order valence-corrected chi connectivity index (χ1v) is 5.56. The van der Waals surface area contributed by atoms with Crippen LogP contribution in [0.25, 0.3) is 0 Å². The Morgan fingerprint density at radius 1 is 1.21 bits per heavy atom. The summed E-state index contributed by atoms with van der Waals surface area (Å²) in [7, 11) is 0. The molecule has 0 spiro atoms. The SMILES string of the molecule is N#Cc1cc(Cc2ccccc2)cc([N+](=O)[O-])c1O. The van der Waals surface area contributed by atoms with Crippen LogP contribution in [0.2, 0.25) is 0 Å². The van der Waals surface area contributed by atoms with Crippen LogP contribution in [0.1, 0.15) is 16.7 Å². The molecular weight excluding hydrogens is 244 g/mol. The maximum atomic E-state index is 10.8. The van der Waals surface area contributed by atoms with Crippen molar-refractivity contribution in [3.63, 3.8) is 0 Å². The van der Waals surface area contributed by atoms with Crippen LogP contribution in [0.4, 0.5) is 5.69 Å². The second-order valence-corrected chi connectivity index (χ2v) is 4.04. The van der Waals surface area contributed by atoms with E-state index in [9.17, 15) is 15.2 Å². The third-order valence-corrected chi connectivity index (χ3v) is 2.72. The van der Waals surface area contributed by atoms with E-state index >= 15 is 0 Å². The smallest absolute Gasteiger partial charge is 0.312 e. The van der Waals surface area contributed by atoms with Crippen molar-refractivity contribution in [3.8, 4) is 11.8 Å². The number of nitriles is 1. The van der Waals surface area contributed by atoms with Crippen LogP contribution in [-0.2, 0) is 6.42 Å². The van der Waals surface area contributed by atoms with Crippen LogP contribution in [0.15, 0.2) is 42.5 Å². The van der Waals surface area contributed by atoms with E-state index in [0.717, 1.165) is 5.56 Å². The molecule has 0 atom stereocenters. The molecule has 0 radical (unpaired) electrons. The average Bonchev–Trinajstić information content (AvgIpc) is 2.41. The molecule has 5 nitrogen and oxygen atoms in total. The summed E-state index contributed by atoms with van der Waals surface area (Å²) in [5, 5.41) is 29.3. The molecule has 94 valence electrons. The molecular formula is C14H10N2O3. The van der Waals surface area contributed by atoms with Crippen molar-refractivity contribution in [3.05, 3.63) is 69.3 Å².